The predicted octanol–water partition coefficient (Wildman–Crippen LogP) is 3.15. The van der Waals surface area contributed by atoms with Crippen molar-refractivity contribution in [2.45, 2.75) is 13.8 Å². The molecule has 1 aromatic heterocycles. The van der Waals surface area contributed by atoms with Crippen molar-refractivity contribution in [3.8, 4) is 11.1 Å². The van der Waals surface area contributed by atoms with Crippen LogP contribution in [-0.4, -0.2) is 59.0 Å². The summed E-state index contributed by atoms with van der Waals surface area (Å²) >= 11 is 5.99. The summed E-state index contributed by atoms with van der Waals surface area (Å²) in [5.74, 6) is 1.88. The van der Waals surface area contributed by atoms with Gasteiger partial charge in [0.05, 0.1) is 45.7 Å². The van der Waals surface area contributed by atoms with E-state index in [0.29, 0.717) is 0 Å². The molecule has 0 fully saturated rings. The predicted molar refractivity (Wildman–Crippen MR) is 101 cm³/mol. The molecule has 0 aliphatic carbocycles. The van der Waals surface area contributed by atoms with Crippen molar-refractivity contribution < 1.29 is 9.26 Å². The number of guanidine groups is 1. The summed E-state index contributed by atoms with van der Waals surface area (Å²) in [6.45, 7) is 10.3. The molecule has 0 saturated carbocycles. The normalized spacial score (nSPS) is 10.4. The largest absolute Gasteiger partial charge is 0.387 e. The minimum absolute atomic E-state index is 0.727. The fourth-order valence-corrected chi connectivity index (χ4v) is 2.73. The van der Waals surface area contributed by atoms with Crippen molar-refractivity contribution in [2.75, 3.05) is 27.2 Å². The van der Waals surface area contributed by atoms with Crippen molar-refractivity contribution in [1.82, 2.24) is 15.3 Å². The minimum atomic E-state index is 0.727. The first-order valence-electron chi connectivity index (χ1n) is 8.07. The number of aromatic amines is 1. The zero-order valence-electron chi connectivity index (χ0n) is 14.8. The summed E-state index contributed by atoms with van der Waals surface area (Å²) in [5, 5.41) is 0.727. The molecule has 0 spiro atoms. The Kier molecular flexibility index (Phi) is 6.04. The zero-order valence-corrected chi connectivity index (χ0v) is 15.6. The van der Waals surface area contributed by atoms with Crippen LogP contribution in [0.4, 0.5) is 5.82 Å². The third-order valence-corrected chi connectivity index (χ3v) is 4.12. The van der Waals surface area contributed by atoms with Gasteiger partial charge in [-0.25, -0.2) is 4.98 Å². The maximum absolute atomic E-state index is 5.99. The van der Waals surface area contributed by atoms with Crippen molar-refractivity contribution in [3.05, 3.63) is 41.6 Å². The van der Waals surface area contributed by atoms with E-state index >= 15 is 0 Å². The molecule has 0 saturated heterocycles. The van der Waals surface area contributed by atoms with Crippen LogP contribution in [0.1, 0.15) is 13.8 Å². The highest BCUT2D eigenvalue weighted by Crippen LogP contribution is 2.28. The Morgan fingerprint density at radius 2 is 1.79 bits per heavy atom. The number of halogens is 1. The SMILES string of the molecule is C=[N+](NC(N(CC)CC)=[N+](C)C)c1[nH]ccc1-c1ccc(Cl)cc1. The highest BCUT2D eigenvalue weighted by atomic mass is 35.5. The lowest BCUT2D eigenvalue weighted by Gasteiger charge is -2.17. The van der Waals surface area contributed by atoms with Gasteiger partial charge >= 0.3 is 11.8 Å². The molecule has 2 N–H and O–H groups in total. The second kappa shape index (κ2) is 8.02. The molecule has 0 amide bonds. The second-order valence-electron chi connectivity index (χ2n) is 5.68. The molecule has 1 heterocycles. The average molecular weight is 348 g/mol. The molecule has 1 aromatic carbocycles. The first-order chi connectivity index (χ1) is 11.5. The van der Waals surface area contributed by atoms with E-state index < -0.39 is 0 Å². The summed E-state index contributed by atoms with van der Waals surface area (Å²) < 4.78 is 3.81. The van der Waals surface area contributed by atoms with Gasteiger partial charge in [0.1, 0.15) is 0 Å². The Labute approximate surface area is 148 Å². The Morgan fingerprint density at radius 3 is 2.33 bits per heavy atom. The van der Waals surface area contributed by atoms with Crippen molar-refractivity contribution in [3.63, 3.8) is 0 Å². The quantitative estimate of drug-likeness (QED) is 0.377. The molecule has 0 radical (unpaired) electrons. The van der Waals surface area contributed by atoms with Gasteiger partial charge in [-0.3, -0.25) is 9.48 Å². The first-order valence-corrected chi connectivity index (χ1v) is 8.45. The number of nitrogens with one attached hydrogen (secondary N) is 2. The van der Waals surface area contributed by atoms with Crippen LogP contribution in [0.5, 0.6) is 0 Å². The average Bonchev–Trinajstić information content (AvgIpc) is 3.05. The van der Waals surface area contributed by atoms with Gasteiger partial charge in [-0.1, -0.05) is 28.4 Å². The molecule has 5 nitrogen and oxygen atoms in total. The van der Waals surface area contributed by atoms with E-state index in [4.69, 9.17) is 11.6 Å². The van der Waals surface area contributed by atoms with Crippen LogP contribution in [-0.2, 0) is 0 Å². The third kappa shape index (κ3) is 3.97. The molecule has 0 atom stereocenters. The Bertz CT molecular complexity index is 722. The summed E-state index contributed by atoms with van der Waals surface area (Å²) in [7, 11) is 4.03. The van der Waals surface area contributed by atoms with Crippen LogP contribution >= 0.6 is 11.6 Å². The van der Waals surface area contributed by atoms with E-state index in [2.05, 4.69) is 40.5 Å². The number of hydrazone groups is 1. The smallest absolute Gasteiger partial charge is 0.267 e. The molecular formula is C18H26ClN5+2. The van der Waals surface area contributed by atoms with Gasteiger partial charge in [0, 0.05) is 5.02 Å². The number of nitrogens with zero attached hydrogens (tertiary/aromatic N) is 3. The lowest BCUT2D eigenvalue weighted by Crippen LogP contribution is -2.48. The van der Waals surface area contributed by atoms with Gasteiger partial charge < -0.3 is 0 Å². The number of H-pyrrole nitrogens is 1. The maximum Gasteiger partial charge on any atom is 0.387 e. The van der Waals surface area contributed by atoms with Crippen LogP contribution in [0.15, 0.2) is 36.5 Å². The van der Waals surface area contributed by atoms with E-state index in [1.54, 1.807) is 4.68 Å². The number of aromatic nitrogens is 1. The van der Waals surface area contributed by atoms with Crippen LogP contribution in [0.25, 0.3) is 11.1 Å². The van der Waals surface area contributed by atoms with E-state index in [0.717, 1.165) is 41.0 Å². The van der Waals surface area contributed by atoms with Crippen LogP contribution in [0.3, 0.4) is 0 Å². The molecule has 128 valence electrons. The standard InChI is InChI=1S/C18H25ClN5/c1-6-24(7-2)18(22(3)4)21-23(5)17-16(12-13-20-17)14-8-10-15(19)11-9-14/h8-13,20H,5-7H2,1-4H3/q+1/p+1. The van der Waals surface area contributed by atoms with Gasteiger partial charge in [-0.15, -0.1) is 5.43 Å². The van der Waals surface area contributed by atoms with Crippen LogP contribution in [0, 0.1) is 0 Å². The molecule has 0 unspecified atom stereocenters. The molecule has 2 rings (SSSR count). The highest BCUT2D eigenvalue weighted by Gasteiger charge is 2.24. The summed E-state index contributed by atoms with van der Waals surface area (Å²) in [4.78, 5) is 5.49. The highest BCUT2D eigenvalue weighted by molar-refractivity contribution is 6.30. The van der Waals surface area contributed by atoms with Gasteiger partial charge in [0.2, 0.25) is 0 Å². The molecule has 0 bridgehead atoms. The summed E-state index contributed by atoms with van der Waals surface area (Å²) in [5.41, 5.74) is 5.52. The maximum atomic E-state index is 5.99. The summed E-state index contributed by atoms with van der Waals surface area (Å²) in [6, 6.07) is 9.82. The lowest BCUT2D eigenvalue weighted by atomic mass is 10.1. The van der Waals surface area contributed by atoms with Crippen molar-refractivity contribution in [1.29, 1.82) is 0 Å². The lowest BCUT2D eigenvalue weighted by molar-refractivity contribution is -0.523. The van der Waals surface area contributed by atoms with E-state index in [-0.39, 0.29) is 0 Å². The second-order valence-corrected chi connectivity index (χ2v) is 6.11. The Morgan fingerprint density at radius 1 is 1.17 bits per heavy atom. The number of hydrogen-bond acceptors (Lipinski definition) is 0. The molecule has 6 heteroatoms. The van der Waals surface area contributed by atoms with E-state index in [1.807, 2.05) is 50.6 Å². The Balaban J connectivity index is 2.30. The van der Waals surface area contributed by atoms with Crippen molar-refractivity contribution >= 4 is 30.1 Å². The first kappa shape index (κ1) is 18.1. The van der Waals surface area contributed by atoms with Gasteiger partial charge in [-0.05, 0) is 37.6 Å². The van der Waals surface area contributed by atoms with Gasteiger partial charge in [0.15, 0.2) is 0 Å². The van der Waals surface area contributed by atoms with Crippen molar-refractivity contribution in [2.24, 2.45) is 0 Å². The number of benzene rings is 1. The van der Waals surface area contributed by atoms with Crippen LogP contribution in [0.2, 0.25) is 5.02 Å². The number of hydrogen-bond donors (Lipinski definition) is 2. The molecule has 0 aliphatic rings. The fourth-order valence-electron chi connectivity index (χ4n) is 2.60. The van der Waals surface area contributed by atoms with Gasteiger partial charge in [0.25, 0.3) is 0 Å². The number of rotatable bonds is 5. The summed E-state index contributed by atoms with van der Waals surface area (Å²) in [6.07, 6.45) is 1.91. The molecule has 24 heavy (non-hydrogen) atoms. The number of hydrazine groups is 1. The molecule has 2 aromatic rings. The topological polar surface area (TPSA) is 37.1 Å². The van der Waals surface area contributed by atoms with E-state index in [1.165, 1.54) is 0 Å². The monoisotopic (exact) mass is 347 g/mol. The van der Waals surface area contributed by atoms with Crippen LogP contribution < -0.4 is 5.43 Å². The Hall–Kier alpha value is -2.27. The molecular weight excluding hydrogens is 322 g/mol. The van der Waals surface area contributed by atoms with E-state index in [9.17, 15) is 0 Å². The zero-order chi connectivity index (χ0) is 17.7. The third-order valence-electron chi connectivity index (χ3n) is 3.87. The minimum Gasteiger partial charge on any atom is -0.267 e. The fraction of sp³-hybridized carbons (Fsp3) is 0.333. The van der Waals surface area contributed by atoms with Gasteiger partial charge in [-0.2, -0.15) is 0 Å². The molecule has 0 aliphatic heterocycles.